The molecule has 0 atom stereocenters. The molecule has 3 amide bonds. The van der Waals surface area contributed by atoms with Crippen molar-refractivity contribution in [2.75, 3.05) is 19.6 Å². The van der Waals surface area contributed by atoms with Crippen LogP contribution in [0.2, 0.25) is 0 Å². The van der Waals surface area contributed by atoms with Crippen LogP contribution in [-0.4, -0.2) is 58.4 Å². The second kappa shape index (κ2) is 8.94. The molecular weight excluding hydrogens is 308 g/mol. The van der Waals surface area contributed by atoms with Crippen molar-refractivity contribution < 1.29 is 24.3 Å². The summed E-state index contributed by atoms with van der Waals surface area (Å²) < 4.78 is 0. The number of nitrogens with one attached hydrogen (secondary N) is 4. The van der Waals surface area contributed by atoms with E-state index in [-0.39, 0.29) is 18.8 Å². The second-order valence-corrected chi connectivity index (χ2v) is 4.17. The van der Waals surface area contributed by atoms with E-state index >= 15 is 0 Å². The average molecular weight is 324 g/mol. The number of rotatable bonds is 8. The number of aromatic amines is 1. The first-order chi connectivity index (χ1) is 10.9. The fourth-order valence-electron chi connectivity index (χ4n) is 1.36. The van der Waals surface area contributed by atoms with Crippen LogP contribution in [0.4, 0.5) is 0 Å². The molecule has 1 rings (SSSR count). The predicted molar refractivity (Wildman–Crippen MR) is 77.4 cm³/mol. The molecule has 0 saturated heterocycles. The third-order valence-corrected chi connectivity index (χ3v) is 2.37. The molecule has 1 aromatic heterocycles. The Morgan fingerprint density at radius 2 is 1.96 bits per heavy atom. The quantitative estimate of drug-likeness (QED) is 0.278. The van der Waals surface area contributed by atoms with E-state index in [2.05, 4.69) is 25.9 Å². The maximum atomic E-state index is 11.9. The molecule has 0 aliphatic carbocycles. The predicted octanol–water partition coefficient (Wildman–Crippen LogP) is -2.86. The molecule has 0 radical (unpaired) electrons. The van der Waals surface area contributed by atoms with Gasteiger partial charge in [-0.25, -0.2) is 4.98 Å². The molecular formula is C12H16N6O5. The number of nitrogens with zero attached hydrogens (tertiary/aromatic N) is 1. The molecule has 124 valence electrons. The molecule has 0 fully saturated rings. The number of nitrogens with two attached hydrogens (primary N) is 1. The smallest absolute Gasteiger partial charge is 0.322 e. The van der Waals surface area contributed by atoms with Crippen LogP contribution < -0.4 is 21.7 Å². The minimum Gasteiger partial charge on any atom is -0.480 e. The Kier molecular flexibility index (Phi) is 6.94. The third-order valence-electron chi connectivity index (χ3n) is 2.37. The number of hydrogen-bond donors (Lipinski definition) is 6. The second-order valence-electron chi connectivity index (χ2n) is 4.17. The first-order valence-corrected chi connectivity index (χ1v) is 6.39. The monoisotopic (exact) mass is 324 g/mol. The van der Waals surface area contributed by atoms with Gasteiger partial charge in [0.1, 0.15) is 12.2 Å². The third kappa shape index (κ3) is 6.86. The first-order valence-electron chi connectivity index (χ1n) is 6.39. The highest BCUT2D eigenvalue weighted by atomic mass is 16.4. The number of imidazole rings is 1. The number of carboxylic acids is 1. The van der Waals surface area contributed by atoms with Crippen LogP contribution in [0, 0.1) is 0 Å². The maximum absolute atomic E-state index is 11.9. The molecule has 0 aromatic carbocycles. The molecule has 0 saturated carbocycles. The SMILES string of the molecule is NCC(=O)NCC(=O)N/C(=C/c1cnc[nH]1)C(=O)NCC(=O)O. The maximum Gasteiger partial charge on any atom is 0.322 e. The van der Waals surface area contributed by atoms with E-state index in [0.29, 0.717) is 5.69 Å². The Hall–Kier alpha value is -3.21. The van der Waals surface area contributed by atoms with Crippen molar-refractivity contribution in [2.24, 2.45) is 5.73 Å². The van der Waals surface area contributed by atoms with E-state index in [1.54, 1.807) is 0 Å². The normalized spacial score (nSPS) is 10.7. The molecule has 11 nitrogen and oxygen atoms in total. The van der Waals surface area contributed by atoms with Gasteiger partial charge in [0.25, 0.3) is 5.91 Å². The summed E-state index contributed by atoms with van der Waals surface area (Å²) in [5.41, 5.74) is 5.29. The molecule has 1 heterocycles. The molecule has 0 spiro atoms. The number of amides is 3. The molecule has 7 N–H and O–H groups in total. The number of aromatic nitrogens is 2. The molecule has 0 bridgehead atoms. The lowest BCUT2D eigenvalue weighted by Gasteiger charge is -2.10. The number of carbonyl (C=O) groups is 4. The van der Waals surface area contributed by atoms with Crippen LogP contribution in [0.5, 0.6) is 0 Å². The topological polar surface area (TPSA) is 179 Å². The van der Waals surface area contributed by atoms with Crippen molar-refractivity contribution >= 4 is 29.8 Å². The molecule has 0 aliphatic rings. The number of carbonyl (C=O) groups excluding carboxylic acids is 3. The van der Waals surface area contributed by atoms with Gasteiger partial charge in [-0.05, 0) is 6.08 Å². The average Bonchev–Trinajstić information content (AvgIpc) is 3.02. The van der Waals surface area contributed by atoms with Crippen LogP contribution >= 0.6 is 0 Å². The van der Waals surface area contributed by atoms with E-state index in [1.807, 2.05) is 0 Å². The molecule has 0 aliphatic heterocycles. The summed E-state index contributed by atoms with van der Waals surface area (Å²) in [6.45, 7) is -1.27. The summed E-state index contributed by atoms with van der Waals surface area (Å²) >= 11 is 0. The van der Waals surface area contributed by atoms with Gasteiger partial charge in [0.05, 0.1) is 31.3 Å². The highest BCUT2D eigenvalue weighted by Crippen LogP contribution is 2.00. The first kappa shape index (κ1) is 17.8. The van der Waals surface area contributed by atoms with E-state index in [4.69, 9.17) is 10.8 Å². The van der Waals surface area contributed by atoms with Gasteiger partial charge in [0.2, 0.25) is 11.8 Å². The number of carboxylic acid groups (broad SMARTS) is 1. The van der Waals surface area contributed by atoms with Crippen LogP contribution in [-0.2, 0) is 19.2 Å². The Balaban J connectivity index is 2.75. The minimum absolute atomic E-state index is 0.206. The van der Waals surface area contributed by atoms with Crippen molar-refractivity contribution in [1.82, 2.24) is 25.9 Å². The molecule has 23 heavy (non-hydrogen) atoms. The van der Waals surface area contributed by atoms with Gasteiger partial charge >= 0.3 is 5.97 Å². The van der Waals surface area contributed by atoms with Gasteiger partial charge in [0, 0.05) is 0 Å². The summed E-state index contributed by atoms with van der Waals surface area (Å²) in [5, 5.41) is 15.2. The lowest BCUT2D eigenvalue weighted by Crippen LogP contribution is -2.42. The van der Waals surface area contributed by atoms with E-state index < -0.39 is 30.2 Å². The molecule has 0 unspecified atom stereocenters. The summed E-state index contributed by atoms with van der Waals surface area (Å²) in [4.78, 5) is 51.5. The summed E-state index contributed by atoms with van der Waals surface area (Å²) in [6, 6.07) is 0. The van der Waals surface area contributed by atoms with Crippen molar-refractivity contribution in [2.45, 2.75) is 0 Å². The zero-order valence-corrected chi connectivity index (χ0v) is 12.0. The van der Waals surface area contributed by atoms with Crippen molar-refractivity contribution in [1.29, 1.82) is 0 Å². The van der Waals surface area contributed by atoms with Crippen molar-refractivity contribution in [3.05, 3.63) is 23.9 Å². The fraction of sp³-hybridized carbons (Fsp3) is 0.250. The number of aliphatic carboxylic acids is 1. The van der Waals surface area contributed by atoms with Crippen LogP contribution in [0.25, 0.3) is 6.08 Å². The summed E-state index contributed by atoms with van der Waals surface area (Å²) in [6.07, 6.45) is 4.03. The Labute approximate surface area is 130 Å². The van der Waals surface area contributed by atoms with Gasteiger partial charge in [0.15, 0.2) is 0 Å². The lowest BCUT2D eigenvalue weighted by molar-refractivity contribution is -0.137. The minimum atomic E-state index is -1.24. The van der Waals surface area contributed by atoms with E-state index in [0.717, 1.165) is 0 Å². The number of hydrogen-bond acceptors (Lipinski definition) is 6. The zero-order chi connectivity index (χ0) is 17.2. The summed E-state index contributed by atoms with van der Waals surface area (Å²) in [5.74, 6) is -3.25. The van der Waals surface area contributed by atoms with Gasteiger partial charge in [-0.2, -0.15) is 0 Å². The summed E-state index contributed by atoms with van der Waals surface area (Å²) in [7, 11) is 0. The van der Waals surface area contributed by atoms with Crippen molar-refractivity contribution in [3.8, 4) is 0 Å². The van der Waals surface area contributed by atoms with E-state index in [1.165, 1.54) is 18.6 Å². The zero-order valence-electron chi connectivity index (χ0n) is 12.0. The van der Waals surface area contributed by atoms with Crippen LogP contribution in [0.3, 0.4) is 0 Å². The van der Waals surface area contributed by atoms with Gasteiger partial charge in [-0.1, -0.05) is 0 Å². The number of H-pyrrole nitrogens is 1. The van der Waals surface area contributed by atoms with E-state index in [9.17, 15) is 19.2 Å². The lowest BCUT2D eigenvalue weighted by atomic mass is 10.3. The Morgan fingerprint density at radius 3 is 2.52 bits per heavy atom. The fourth-order valence-corrected chi connectivity index (χ4v) is 1.36. The Morgan fingerprint density at radius 1 is 1.22 bits per heavy atom. The standard InChI is InChI=1S/C12H16N6O5/c13-2-9(19)15-4-10(20)18-8(1-7-3-14-6-17-7)12(23)16-5-11(21)22/h1,3,6H,2,4-5,13H2,(H,14,17)(H,15,19)(H,16,23)(H,18,20)(H,21,22)/b8-1+. The highest BCUT2D eigenvalue weighted by Gasteiger charge is 2.14. The molecule has 11 heteroatoms. The van der Waals surface area contributed by atoms with Gasteiger partial charge in [-0.15, -0.1) is 0 Å². The largest absolute Gasteiger partial charge is 0.480 e. The van der Waals surface area contributed by atoms with Crippen LogP contribution in [0.1, 0.15) is 5.69 Å². The van der Waals surface area contributed by atoms with Crippen molar-refractivity contribution in [3.63, 3.8) is 0 Å². The van der Waals surface area contributed by atoms with Gasteiger partial charge < -0.3 is 31.8 Å². The molecule has 1 aromatic rings. The van der Waals surface area contributed by atoms with Gasteiger partial charge in [-0.3, -0.25) is 19.2 Å². The van der Waals surface area contributed by atoms with Crippen LogP contribution in [0.15, 0.2) is 18.2 Å². The Bertz CT molecular complexity index is 609. The highest BCUT2D eigenvalue weighted by molar-refractivity contribution is 6.02.